The number of hydrogen-bond donors (Lipinski definition) is 2. The summed E-state index contributed by atoms with van der Waals surface area (Å²) in [5.74, 6) is -2.41. The van der Waals surface area contributed by atoms with Crippen molar-refractivity contribution in [3.8, 4) is 0 Å². The molecule has 0 spiro atoms. The van der Waals surface area contributed by atoms with Crippen LogP contribution in [0.2, 0.25) is 5.02 Å². The normalized spacial score (nSPS) is 16.0. The minimum Gasteiger partial charge on any atom is -0.319 e. The lowest BCUT2D eigenvalue weighted by atomic mass is 10.0. The van der Waals surface area contributed by atoms with E-state index < -0.39 is 33.1 Å². The Balaban J connectivity index is 1.83. The Kier molecular flexibility index (Phi) is 6.55. The van der Waals surface area contributed by atoms with Crippen LogP contribution in [-0.4, -0.2) is 20.4 Å². The van der Waals surface area contributed by atoms with Gasteiger partial charge < -0.3 is 5.32 Å². The van der Waals surface area contributed by atoms with E-state index in [9.17, 15) is 22.0 Å². The lowest BCUT2D eigenvalue weighted by molar-refractivity contribution is 0.102. The lowest BCUT2D eigenvalue weighted by Crippen LogP contribution is -2.37. The Morgan fingerprint density at radius 2 is 1.76 bits per heavy atom. The number of carbonyl (C=O) groups is 1. The molecule has 1 saturated carbocycles. The van der Waals surface area contributed by atoms with Crippen LogP contribution < -0.4 is 10.0 Å². The van der Waals surface area contributed by atoms with Crippen LogP contribution in [0.4, 0.5) is 14.5 Å². The fraction of sp³-hybridized carbons (Fsp3) is 0.350. The molecule has 0 saturated heterocycles. The highest BCUT2D eigenvalue weighted by atomic mass is 35.5. The number of benzene rings is 2. The first-order valence-corrected chi connectivity index (χ1v) is 11.1. The molecule has 0 radical (unpaired) electrons. The molecule has 0 aliphatic heterocycles. The van der Waals surface area contributed by atoms with E-state index in [-0.39, 0.29) is 27.6 Å². The van der Waals surface area contributed by atoms with E-state index in [4.69, 9.17) is 11.6 Å². The number of amides is 1. The van der Waals surface area contributed by atoms with Gasteiger partial charge in [-0.2, -0.15) is 0 Å². The van der Waals surface area contributed by atoms with Crippen molar-refractivity contribution < 1.29 is 22.0 Å². The zero-order chi connectivity index (χ0) is 21.2. The van der Waals surface area contributed by atoms with E-state index >= 15 is 0 Å². The molecule has 1 amide bonds. The van der Waals surface area contributed by atoms with E-state index in [0.717, 1.165) is 49.9 Å². The molecule has 0 heterocycles. The van der Waals surface area contributed by atoms with E-state index in [2.05, 4.69) is 10.0 Å². The van der Waals surface area contributed by atoms with E-state index in [1.807, 2.05) is 0 Å². The molecule has 2 N–H and O–H groups in total. The van der Waals surface area contributed by atoms with Crippen molar-refractivity contribution >= 4 is 33.2 Å². The zero-order valence-corrected chi connectivity index (χ0v) is 17.3. The van der Waals surface area contributed by atoms with Crippen molar-refractivity contribution in [3.05, 3.63) is 58.6 Å². The third-order valence-corrected chi connectivity index (χ3v) is 6.91. The van der Waals surface area contributed by atoms with Crippen molar-refractivity contribution in [2.75, 3.05) is 5.32 Å². The van der Waals surface area contributed by atoms with Crippen molar-refractivity contribution in [1.29, 1.82) is 0 Å². The number of sulfonamides is 1. The fourth-order valence-electron chi connectivity index (χ4n) is 3.49. The molecule has 3 rings (SSSR count). The summed E-state index contributed by atoms with van der Waals surface area (Å²) in [7, 11) is -3.95. The van der Waals surface area contributed by atoms with E-state index in [1.165, 1.54) is 12.1 Å². The Bertz CT molecular complexity index is 1020. The summed E-state index contributed by atoms with van der Waals surface area (Å²) in [5.41, 5.74) is -0.746. The molecule has 1 unspecified atom stereocenters. The van der Waals surface area contributed by atoms with Gasteiger partial charge in [0.2, 0.25) is 10.0 Å². The minimum absolute atomic E-state index is 0.184. The zero-order valence-electron chi connectivity index (χ0n) is 15.7. The third-order valence-electron chi connectivity index (χ3n) is 5.12. The van der Waals surface area contributed by atoms with Crippen LogP contribution in [0.1, 0.15) is 43.0 Å². The smallest absolute Gasteiger partial charge is 0.258 e. The summed E-state index contributed by atoms with van der Waals surface area (Å²) in [6.07, 6.45) is 4.03. The topological polar surface area (TPSA) is 75.3 Å². The Hall–Kier alpha value is -2.03. The van der Waals surface area contributed by atoms with Crippen LogP contribution in [0.25, 0.3) is 0 Å². The van der Waals surface area contributed by atoms with Crippen molar-refractivity contribution in [2.45, 2.75) is 43.5 Å². The summed E-state index contributed by atoms with van der Waals surface area (Å²) in [4.78, 5) is 12.2. The molecule has 2 aromatic carbocycles. The number of halogens is 3. The Labute approximate surface area is 173 Å². The van der Waals surface area contributed by atoms with Crippen LogP contribution in [-0.2, 0) is 10.0 Å². The van der Waals surface area contributed by atoms with Crippen molar-refractivity contribution in [1.82, 2.24) is 4.72 Å². The van der Waals surface area contributed by atoms with Gasteiger partial charge in [-0.3, -0.25) is 4.79 Å². The fourth-order valence-corrected chi connectivity index (χ4v) is 5.01. The molecule has 1 atom stereocenters. The number of hydrogen-bond acceptors (Lipinski definition) is 3. The van der Waals surface area contributed by atoms with Gasteiger partial charge in [0.25, 0.3) is 5.91 Å². The van der Waals surface area contributed by atoms with Gasteiger partial charge in [-0.05, 0) is 62.1 Å². The van der Waals surface area contributed by atoms with Crippen LogP contribution in [0.3, 0.4) is 0 Å². The minimum atomic E-state index is -3.95. The molecular formula is C20H21ClF2N2O3S. The molecule has 1 aliphatic carbocycles. The van der Waals surface area contributed by atoms with Crippen LogP contribution in [0, 0.1) is 17.6 Å². The van der Waals surface area contributed by atoms with Gasteiger partial charge in [0.1, 0.15) is 11.6 Å². The number of rotatable bonds is 6. The van der Waals surface area contributed by atoms with Gasteiger partial charge in [0, 0.05) is 11.1 Å². The number of carbonyl (C=O) groups excluding carboxylic acids is 1. The van der Waals surface area contributed by atoms with E-state index in [0.29, 0.717) is 0 Å². The first kappa shape index (κ1) is 21.7. The maximum atomic E-state index is 14.2. The third kappa shape index (κ3) is 5.12. The summed E-state index contributed by atoms with van der Waals surface area (Å²) in [6, 6.07) is 6.20. The van der Waals surface area contributed by atoms with Crippen LogP contribution >= 0.6 is 11.6 Å². The monoisotopic (exact) mass is 442 g/mol. The molecule has 9 heteroatoms. The first-order chi connectivity index (χ1) is 13.7. The molecule has 0 aromatic heterocycles. The largest absolute Gasteiger partial charge is 0.319 e. The Morgan fingerprint density at radius 1 is 1.10 bits per heavy atom. The molecule has 0 bridgehead atoms. The van der Waals surface area contributed by atoms with Gasteiger partial charge in [-0.1, -0.05) is 24.4 Å². The SMILES string of the molecule is CC(NS(=O)(=O)c1ccc(F)c(C(=O)Nc2cc(Cl)ccc2F)c1)C1CCCC1. The highest BCUT2D eigenvalue weighted by Gasteiger charge is 2.27. The Morgan fingerprint density at radius 3 is 2.45 bits per heavy atom. The number of nitrogens with one attached hydrogen (secondary N) is 2. The van der Waals surface area contributed by atoms with Gasteiger partial charge in [-0.15, -0.1) is 0 Å². The van der Waals surface area contributed by atoms with E-state index in [1.54, 1.807) is 6.92 Å². The summed E-state index contributed by atoms with van der Waals surface area (Å²) < 4.78 is 56.0. The second-order valence-corrected chi connectivity index (χ2v) is 9.32. The van der Waals surface area contributed by atoms with Gasteiger partial charge in [0.15, 0.2) is 0 Å². The summed E-state index contributed by atoms with van der Waals surface area (Å²) >= 11 is 5.79. The standard InChI is InChI=1S/C20H21ClF2N2O3S/c1-12(13-4-2-3-5-13)25-29(27,28)15-7-9-17(22)16(11-15)20(26)24-19-10-14(21)6-8-18(19)23/h6-13,25H,2-5H2,1H3,(H,24,26). The quantitative estimate of drug-likeness (QED) is 0.679. The predicted octanol–water partition coefficient (Wildman–Crippen LogP) is 4.73. The predicted molar refractivity (Wildman–Crippen MR) is 108 cm³/mol. The van der Waals surface area contributed by atoms with Crippen LogP contribution in [0.5, 0.6) is 0 Å². The molecule has 1 aliphatic rings. The maximum Gasteiger partial charge on any atom is 0.258 e. The molecule has 1 fully saturated rings. The van der Waals surface area contributed by atoms with Gasteiger partial charge in [-0.25, -0.2) is 21.9 Å². The molecule has 29 heavy (non-hydrogen) atoms. The van der Waals surface area contributed by atoms with Crippen molar-refractivity contribution in [2.24, 2.45) is 5.92 Å². The summed E-state index contributed by atoms with van der Waals surface area (Å²) in [5, 5.41) is 2.40. The highest BCUT2D eigenvalue weighted by molar-refractivity contribution is 7.89. The highest BCUT2D eigenvalue weighted by Crippen LogP contribution is 2.28. The van der Waals surface area contributed by atoms with Crippen molar-refractivity contribution in [3.63, 3.8) is 0 Å². The molecular weight excluding hydrogens is 422 g/mol. The second-order valence-electron chi connectivity index (χ2n) is 7.17. The van der Waals surface area contributed by atoms with Gasteiger partial charge >= 0.3 is 0 Å². The average Bonchev–Trinajstić information content (AvgIpc) is 3.19. The van der Waals surface area contributed by atoms with Crippen LogP contribution in [0.15, 0.2) is 41.3 Å². The van der Waals surface area contributed by atoms with Gasteiger partial charge in [0.05, 0.1) is 16.1 Å². The maximum absolute atomic E-state index is 14.2. The summed E-state index contributed by atoms with van der Waals surface area (Å²) in [6.45, 7) is 1.80. The molecule has 156 valence electrons. The molecule has 2 aromatic rings. The molecule has 5 nitrogen and oxygen atoms in total. The first-order valence-electron chi connectivity index (χ1n) is 9.25. The second kappa shape index (κ2) is 8.77. The number of anilines is 1. The lowest BCUT2D eigenvalue weighted by Gasteiger charge is -2.20. The average molecular weight is 443 g/mol.